The maximum Gasteiger partial charge on any atom is 0.258 e. The smallest absolute Gasteiger partial charge is 0.258 e. The summed E-state index contributed by atoms with van der Waals surface area (Å²) in [6.45, 7) is 8.04. The van der Waals surface area contributed by atoms with E-state index in [0.717, 1.165) is 45.2 Å². The predicted octanol–water partition coefficient (Wildman–Crippen LogP) is 4.51. The van der Waals surface area contributed by atoms with E-state index in [0.29, 0.717) is 29.5 Å². The van der Waals surface area contributed by atoms with Crippen molar-refractivity contribution < 1.29 is 8.57 Å². The highest BCUT2D eigenvalue weighted by Gasteiger charge is 2.29. The number of aromatic nitrogens is 3. The second kappa shape index (κ2) is 10.7. The van der Waals surface area contributed by atoms with Gasteiger partial charge in [-0.25, -0.2) is 14.4 Å². The van der Waals surface area contributed by atoms with Gasteiger partial charge in [-0.2, -0.15) is 9.40 Å². The van der Waals surface area contributed by atoms with Crippen molar-refractivity contribution in [1.82, 2.24) is 24.0 Å². The fourth-order valence-corrected chi connectivity index (χ4v) is 5.48. The Bertz CT molecular complexity index is 1010. The predicted molar refractivity (Wildman–Crippen MR) is 131 cm³/mol. The number of rotatable bonds is 8. The zero-order valence-electron chi connectivity index (χ0n) is 20.0. The second-order valence-electron chi connectivity index (χ2n) is 9.16. The Morgan fingerprint density at radius 2 is 2.09 bits per heavy atom. The van der Waals surface area contributed by atoms with E-state index in [2.05, 4.69) is 22.2 Å². The topological polar surface area (TPSA) is 75.5 Å². The molecule has 0 aromatic carbocycles. The number of halogens is 1. The Morgan fingerprint density at radius 3 is 2.73 bits per heavy atom. The maximum absolute atomic E-state index is 14.2. The normalized spacial score (nSPS) is 23.5. The van der Waals surface area contributed by atoms with Crippen LogP contribution in [0.1, 0.15) is 70.7 Å². The van der Waals surface area contributed by atoms with E-state index in [1.807, 2.05) is 18.4 Å². The van der Waals surface area contributed by atoms with Crippen molar-refractivity contribution in [3.05, 3.63) is 28.2 Å². The molecule has 1 N–H and O–H groups in total. The van der Waals surface area contributed by atoms with Crippen LogP contribution >= 0.6 is 12.2 Å². The number of pyridine rings is 1. The van der Waals surface area contributed by atoms with E-state index in [1.54, 1.807) is 16.8 Å². The monoisotopic (exact) mass is 478 g/mol. The van der Waals surface area contributed by atoms with E-state index in [9.17, 15) is 9.18 Å². The van der Waals surface area contributed by atoms with Crippen molar-refractivity contribution in [3.8, 4) is 0 Å². The van der Waals surface area contributed by atoms with Gasteiger partial charge in [0.2, 0.25) is 5.95 Å². The fourth-order valence-electron chi connectivity index (χ4n) is 4.96. The molecule has 1 saturated heterocycles. The molecule has 1 aliphatic heterocycles. The number of nitrogens with zero attached hydrogens (tertiary/aromatic N) is 5. The van der Waals surface area contributed by atoms with E-state index in [-0.39, 0.29) is 23.2 Å². The van der Waals surface area contributed by atoms with Crippen LogP contribution in [-0.4, -0.2) is 56.7 Å². The number of anilines is 1. The Hall–Kier alpha value is -1.75. The molecule has 2 aliphatic rings. The molecule has 182 valence electrons. The lowest BCUT2D eigenvalue weighted by Crippen LogP contribution is -2.45. The fraction of sp³-hybridized carbons (Fsp3) is 0.696. The molecular weight excluding hydrogens is 443 g/mol. The molecule has 8 nitrogen and oxygen atoms in total. The second-order valence-corrected chi connectivity index (χ2v) is 10.1. The Morgan fingerprint density at radius 1 is 1.33 bits per heavy atom. The standard InChI is InChI=1S/C23H35FN6O2S/c1-5-32-33-28(4)29-11-9-18(10-12-29)26-23-25-14-17-13-19(16(3)24)22(31)30(21(17)27-23)20-8-6-7-15(20)2/h13-16,18,20H,5-12H2,1-4H3,(H,25,26,27). The van der Waals surface area contributed by atoms with Gasteiger partial charge in [0.1, 0.15) is 11.8 Å². The van der Waals surface area contributed by atoms with Crippen molar-refractivity contribution in [1.29, 1.82) is 0 Å². The van der Waals surface area contributed by atoms with Gasteiger partial charge in [0.25, 0.3) is 5.56 Å². The molecule has 1 saturated carbocycles. The third-order valence-corrected chi connectivity index (χ3v) is 7.65. The average Bonchev–Trinajstić information content (AvgIpc) is 3.22. The Balaban J connectivity index is 1.56. The molecule has 1 aliphatic carbocycles. The number of piperidine rings is 1. The number of hydrogen-bond donors (Lipinski definition) is 1. The van der Waals surface area contributed by atoms with Gasteiger partial charge in [0.05, 0.1) is 24.4 Å². The first-order valence-corrected chi connectivity index (χ1v) is 12.7. The number of hydrazine groups is 1. The van der Waals surface area contributed by atoms with Gasteiger partial charge in [-0.15, -0.1) is 0 Å². The summed E-state index contributed by atoms with van der Waals surface area (Å²) in [6, 6.07) is 1.91. The summed E-state index contributed by atoms with van der Waals surface area (Å²) in [7, 11) is 2.01. The molecule has 3 heterocycles. The van der Waals surface area contributed by atoms with Gasteiger partial charge in [0.15, 0.2) is 0 Å². The van der Waals surface area contributed by atoms with E-state index in [4.69, 9.17) is 9.17 Å². The number of alkyl halides is 1. The van der Waals surface area contributed by atoms with Crippen molar-refractivity contribution in [2.24, 2.45) is 5.92 Å². The molecular formula is C23H35FN6O2S. The summed E-state index contributed by atoms with van der Waals surface area (Å²) >= 11 is 1.36. The summed E-state index contributed by atoms with van der Waals surface area (Å²) in [5.41, 5.74) is 0.530. The highest BCUT2D eigenvalue weighted by molar-refractivity contribution is 7.92. The van der Waals surface area contributed by atoms with Gasteiger partial charge in [-0.05, 0) is 51.5 Å². The van der Waals surface area contributed by atoms with Gasteiger partial charge in [-0.3, -0.25) is 9.36 Å². The molecule has 3 atom stereocenters. The highest BCUT2D eigenvalue weighted by Crippen LogP contribution is 2.36. The van der Waals surface area contributed by atoms with Crippen LogP contribution in [0.3, 0.4) is 0 Å². The van der Waals surface area contributed by atoms with E-state index >= 15 is 0 Å². The highest BCUT2D eigenvalue weighted by atomic mass is 32.2. The van der Waals surface area contributed by atoms with Crippen molar-refractivity contribution in [2.45, 2.75) is 71.1 Å². The van der Waals surface area contributed by atoms with Crippen molar-refractivity contribution in [3.63, 3.8) is 0 Å². The molecule has 0 radical (unpaired) electrons. The van der Waals surface area contributed by atoms with Crippen LogP contribution in [0, 0.1) is 5.92 Å². The minimum Gasteiger partial charge on any atom is -0.351 e. The molecule has 4 rings (SSSR count). The van der Waals surface area contributed by atoms with Crippen molar-refractivity contribution >= 4 is 29.2 Å². The summed E-state index contributed by atoms with van der Waals surface area (Å²) in [5, 5.41) is 6.44. The molecule has 0 spiro atoms. The van der Waals surface area contributed by atoms with E-state index in [1.165, 1.54) is 19.2 Å². The first-order valence-electron chi connectivity index (χ1n) is 12.0. The third-order valence-electron chi connectivity index (χ3n) is 6.86. The largest absolute Gasteiger partial charge is 0.351 e. The molecule has 2 fully saturated rings. The first-order chi connectivity index (χ1) is 15.9. The van der Waals surface area contributed by atoms with Gasteiger partial charge in [0, 0.05) is 43.8 Å². The zero-order valence-corrected chi connectivity index (χ0v) is 20.8. The molecule has 0 bridgehead atoms. The molecule has 0 amide bonds. The lowest BCUT2D eigenvalue weighted by atomic mass is 10.0. The Labute approximate surface area is 199 Å². The summed E-state index contributed by atoms with van der Waals surface area (Å²) in [4.78, 5) is 22.5. The molecule has 3 unspecified atom stereocenters. The quantitative estimate of drug-likeness (QED) is 0.439. The SMILES string of the molecule is CCOSN(C)N1CCC(Nc2ncc3cc(C(C)F)c(=O)n(C4CCCC4C)c3n2)CC1. The lowest BCUT2D eigenvalue weighted by Gasteiger charge is -2.36. The van der Waals surface area contributed by atoms with Gasteiger partial charge >= 0.3 is 0 Å². The summed E-state index contributed by atoms with van der Waals surface area (Å²) in [5.74, 6) is 0.885. The first kappa shape index (κ1) is 24.4. The number of nitrogens with one attached hydrogen (secondary N) is 1. The third kappa shape index (κ3) is 5.34. The molecule has 33 heavy (non-hydrogen) atoms. The number of hydrogen-bond acceptors (Lipinski definition) is 8. The van der Waals surface area contributed by atoms with Gasteiger partial charge in [-0.1, -0.05) is 13.3 Å². The van der Waals surface area contributed by atoms with Crippen LogP contribution in [0.2, 0.25) is 0 Å². The zero-order chi connectivity index (χ0) is 23.5. The van der Waals surface area contributed by atoms with Crippen LogP contribution in [0.25, 0.3) is 11.0 Å². The Kier molecular flexibility index (Phi) is 7.88. The number of fused-ring (bicyclic) bond motifs is 1. The van der Waals surface area contributed by atoms with Crippen LogP contribution < -0.4 is 10.9 Å². The van der Waals surface area contributed by atoms with Crippen LogP contribution in [0.5, 0.6) is 0 Å². The van der Waals surface area contributed by atoms with Crippen LogP contribution in [0.15, 0.2) is 17.1 Å². The lowest BCUT2D eigenvalue weighted by molar-refractivity contribution is 0.0601. The maximum atomic E-state index is 14.2. The van der Waals surface area contributed by atoms with Crippen molar-refractivity contribution in [2.75, 3.05) is 32.1 Å². The van der Waals surface area contributed by atoms with Crippen LogP contribution in [0.4, 0.5) is 10.3 Å². The van der Waals surface area contributed by atoms with E-state index < -0.39 is 6.17 Å². The minimum absolute atomic E-state index is 0.0445. The average molecular weight is 479 g/mol. The van der Waals surface area contributed by atoms with Crippen LogP contribution in [-0.2, 0) is 4.18 Å². The molecule has 2 aromatic heterocycles. The molecule has 2 aromatic rings. The summed E-state index contributed by atoms with van der Waals surface area (Å²) in [6.07, 6.45) is 5.34. The molecule has 10 heteroatoms. The minimum atomic E-state index is -1.33. The van der Waals surface area contributed by atoms with Gasteiger partial charge < -0.3 is 9.50 Å². The summed E-state index contributed by atoms with van der Waals surface area (Å²) < 4.78 is 23.5.